The van der Waals surface area contributed by atoms with Crippen LogP contribution < -0.4 is 21.3 Å². The number of ether oxygens (including phenoxy) is 1. The highest BCUT2D eigenvalue weighted by Crippen LogP contribution is 2.35. The molecule has 7 heteroatoms. The predicted octanol–water partition coefficient (Wildman–Crippen LogP) is 1.96. The highest BCUT2D eigenvalue weighted by atomic mass is 16.5. The number of fused-ring (bicyclic) bond motifs is 1. The first kappa shape index (κ1) is 13.9. The van der Waals surface area contributed by atoms with Gasteiger partial charge in [0.1, 0.15) is 23.6 Å². The predicted molar refractivity (Wildman–Crippen MR) is 85.6 cm³/mol. The first-order valence-electron chi connectivity index (χ1n) is 6.64. The summed E-state index contributed by atoms with van der Waals surface area (Å²) in [7, 11) is 1.56. The van der Waals surface area contributed by atoms with Crippen LogP contribution >= 0.6 is 0 Å². The topological polar surface area (TPSA) is 106 Å². The third-order valence-corrected chi connectivity index (χ3v) is 3.42. The van der Waals surface area contributed by atoms with Crippen molar-refractivity contribution in [3.05, 3.63) is 46.6 Å². The smallest absolute Gasteiger partial charge is 0.271 e. The van der Waals surface area contributed by atoms with E-state index in [2.05, 4.69) is 20.3 Å². The van der Waals surface area contributed by atoms with E-state index in [0.29, 0.717) is 28.5 Å². The minimum atomic E-state index is -0.227. The van der Waals surface area contributed by atoms with Crippen LogP contribution in [0.1, 0.15) is 5.56 Å². The Morgan fingerprint density at radius 3 is 2.91 bits per heavy atom. The second-order valence-electron chi connectivity index (χ2n) is 4.78. The van der Waals surface area contributed by atoms with Crippen molar-refractivity contribution in [2.24, 2.45) is 0 Å². The van der Waals surface area contributed by atoms with E-state index in [0.717, 1.165) is 10.9 Å². The van der Waals surface area contributed by atoms with Crippen molar-refractivity contribution in [3.8, 4) is 5.75 Å². The number of rotatable bonds is 3. The van der Waals surface area contributed by atoms with Gasteiger partial charge in [0.2, 0.25) is 0 Å². The molecular weight excluding hydrogens is 282 g/mol. The molecule has 0 aliphatic rings. The standard InChI is InChI=1S/C15H15N5O2/c1-8-12-11(6-9(16)13(8)22-2)18-7-19-14(12)20-10-4-3-5-17-15(10)21/h3-7H,16H2,1-2H3,(H,17,21)(H,18,19,20). The Bertz CT molecular complexity index is 904. The van der Waals surface area contributed by atoms with Gasteiger partial charge in [-0.05, 0) is 25.1 Å². The van der Waals surface area contributed by atoms with Gasteiger partial charge in [0.15, 0.2) is 0 Å². The van der Waals surface area contributed by atoms with Gasteiger partial charge < -0.3 is 20.8 Å². The first-order chi connectivity index (χ1) is 10.6. The second-order valence-corrected chi connectivity index (χ2v) is 4.78. The summed E-state index contributed by atoms with van der Waals surface area (Å²) in [5, 5.41) is 3.80. The normalized spacial score (nSPS) is 10.6. The summed E-state index contributed by atoms with van der Waals surface area (Å²) in [6, 6.07) is 5.14. The molecule has 0 saturated heterocycles. The van der Waals surface area contributed by atoms with Crippen LogP contribution in [0.2, 0.25) is 0 Å². The van der Waals surface area contributed by atoms with E-state index in [1.54, 1.807) is 31.5 Å². The third-order valence-electron chi connectivity index (χ3n) is 3.42. The molecule has 0 aliphatic carbocycles. The maximum absolute atomic E-state index is 11.8. The average molecular weight is 297 g/mol. The molecule has 0 spiro atoms. The molecule has 3 rings (SSSR count). The van der Waals surface area contributed by atoms with Gasteiger partial charge in [-0.2, -0.15) is 0 Å². The number of H-pyrrole nitrogens is 1. The Balaban J connectivity index is 2.22. The molecule has 0 bridgehead atoms. The molecule has 7 nitrogen and oxygen atoms in total. The molecule has 0 atom stereocenters. The third kappa shape index (κ3) is 2.22. The number of benzene rings is 1. The zero-order chi connectivity index (χ0) is 15.7. The number of anilines is 3. The van der Waals surface area contributed by atoms with Crippen molar-refractivity contribution < 1.29 is 4.74 Å². The quantitative estimate of drug-likeness (QED) is 0.638. The lowest BCUT2D eigenvalue weighted by molar-refractivity contribution is 0.414. The molecule has 0 saturated carbocycles. The van der Waals surface area contributed by atoms with E-state index < -0.39 is 0 Å². The minimum Gasteiger partial charge on any atom is -0.494 e. The van der Waals surface area contributed by atoms with Gasteiger partial charge in [0.25, 0.3) is 5.56 Å². The Morgan fingerprint density at radius 1 is 1.36 bits per heavy atom. The van der Waals surface area contributed by atoms with E-state index in [1.165, 1.54) is 6.33 Å². The second kappa shape index (κ2) is 5.36. The maximum Gasteiger partial charge on any atom is 0.271 e. The van der Waals surface area contributed by atoms with E-state index in [9.17, 15) is 4.79 Å². The first-order valence-corrected chi connectivity index (χ1v) is 6.64. The SMILES string of the molecule is COc1c(N)cc2ncnc(Nc3ccc[nH]c3=O)c2c1C. The maximum atomic E-state index is 11.8. The fraction of sp³-hybridized carbons (Fsp3) is 0.133. The Labute approximate surface area is 126 Å². The Kier molecular flexibility index (Phi) is 3.38. The molecule has 1 aromatic carbocycles. The van der Waals surface area contributed by atoms with Gasteiger partial charge >= 0.3 is 0 Å². The van der Waals surface area contributed by atoms with Crippen molar-refractivity contribution in [1.82, 2.24) is 15.0 Å². The van der Waals surface area contributed by atoms with E-state index >= 15 is 0 Å². The van der Waals surface area contributed by atoms with Crippen LogP contribution in [0.3, 0.4) is 0 Å². The van der Waals surface area contributed by atoms with Crippen molar-refractivity contribution in [2.75, 3.05) is 18.2 Å². The lowest BCUT2D eigenvalue weighted by Gasteiger charge is -2.14. The number of nitrogens with zero attached hydrogens (tertiary/aromatic N) is 2. The molecule has 22 heavy (non-hydrogen) atoms. The van der Waals surface area contributed by atoms with Crippen LogP contribution in [0, 0.1) is 6.92 Å². The molecule has 2 heterocycles. The Hall–Kier alpha value is -3.09. The summed E-state index contributed by atoms with van der Waals surface area (Å²) in [4.78, 5) is 22.9. The molecule has 112 valence electrons. The van der Waals surface area contributed by atoms with Gasteiger partial charge in [0.05, 0.1) is 18.3 Å². The molecule has 0 aliphatic heterocycles. The number of aryl methyl sites for hydroxylation is 1. The van der Waals surface area contributed by atoms with Crippen molar-refractivity contribution >= 4 is 28.1 Å². The fourth-order valence-electron chi connectivity index (χ4n) is 2.43. The monoisotopic (exact) mass is 297 g/mol. The summed E-state index contributed by atoms with van der Waals surface area (Å²) >= 11 is 0. The zero-order valence-corrected chi connectivity index (χ0v) is 12.2. The largest absolute Gasteiger partial charge is 0.494 e. The van der Waals surface area contributed by atoms with Crippen molar-refractivity contribution in [3.63, 3.8) is 0 Å². The Morgan fingerprint density at radius 2 is 2.18 bits per heavy atom. The van der Waals surface area contributed by atoms with E-state index in [4.69, 9.17) is 10.5 Å². The highest BCUT2D eigenvalue weighted by molar-refractivity contribution is 5.97. The van der Waals surface area contributed by atoms with Crippen LogP contribution in [-0.4, -0.2) is 22.1 Å². The number of aromatic nitrogens is 3. The summed E-state index contributed by atoms with van der Waals surface area (Å²) < 4.78 is 5.34. The number of nitrogens with two attached hydrogens (primary N) is 1. The number of hydrogen-bond donors (Lipinski definition) is 3. The molecule has 0 amide bonds. The highest BCUT2D eigenvalue weighted by Gasteiger charge is 2.14. The molecular formula is C15H15N5O2. The average Bonchev–Trinajstić information content (AvgIpc) is 2.50. The lowest BCUT2D eigenvalue weighted by atomic mass is 10.1. The fourth-order valence-corrected chi connectivity index (χ4v) is 2.43. The molecule has 2 aromatic heterocycles. The van der Waals surface area contributed by atoms with Crippen molar-refractivity contribution in [1.29, 1.82) is 0 Å². The van der Waals surface area contributed by atoms with Gasteiger partial charge in [-0.15, -0.1) is 0 Å². The van der Waals surface area contributed by atoms with Crippen LogP contribution in [0.15, 0.2) is 35.5 Å². The van der Waals surface area contributed by atoms with Gasteiger partial charge in [0, 0.05) is 17.1 Å². The van der Waals surface area contributed by atoms with Crippen LogP contribution in [0.25, 0.3) is 10.9 Å². The minimum absolute atomic E-state index is 0.227. The zero-order valence-electron chi connectivity index (χ0n) is 12.2. The molecule has 0 fully saturated rings. The molecule has 0 radical (unpaired) electrons. The van der Waals surface area contributed by atoms with Crippen molar-refractivity contribution in [2.45, 2.75) is 6.92 Å². The van der Waals surface area contributed by atoms with Gasteiger partial charge in [-0.25, -0.2) is 9.97 Å². The summed E-state index contributed by atoms with van der Waals surface area (Å²) in [5.74, 6) is 1.10. The van der Waals surface area contributed by atoms with Crippen LogP contribution in [-0.2, 0) is 0 Å². The number of methoxy groups -OCH3 is 1. The van der Waals surface area contributed by atoms with Gasteiger partial charge in [-0.3, -0.25) is 4.79 Å². The van der Waals surface area contributed by atoms with Crippen LogP contribution in [0.5, 0.6) is 5.75 Å². The number of aromatic amines is 1. The molecule has 3 aromatic rings. The number of nitrogen functional groups attached to an aromatic ring is 1. The summed E-state index contributed by atoms with van der Waals surface area (Å²) in [5.41, 5.74) is 8.14. The van der Waals surface area contributed by atoms with Crippen LogP contribution in [0.4, 0.5) is 17.2 Å². The molecule has 4 N–H and O–H groups in total. The van der Waals surface area contributed by atoms with E-state index in [1.807, 2.05) is 6.92 Å². The lowest BCUT2D eigenvalue weighted by Crippen LogP contribution is -2.11. The number of hydrogen-bond acceptors (Lipinski definition) is 6. The summed E-state index contributed by atoms with van der Waals surface area (Å²) in [6.45, 7) is 1.88. The number of pyridine rings is 1. The molecule has 0 unspecified atom stereocenters. The van der Waals surface area contributed by atoms with Gasteiger partial charge in [-0.1, -0.05) is 0 Å². The summed E-state index contributed by atoms with van der Waals surface area (Å²) in [6.07, 6.45) is 2.99. The number of nitrogens with one attached hydrogen (secondary N) is 2. The van der Waals surface area contributed by atoms with E-state index in [-0.39, 0.29) is 5.56 Å².